The summed E-state index contributed by atoms with van der Waals surface area (Å²) in [5.74, 6) is -0.209. The van der Waals surface area contributed by atoms with Gasteiger partial charge in [0.1, 0.15) is 0 Å². The van der Waals surface area contributed by atoms with Gasteiger partial charge in [0.05, 0.1) is 5.56 Å². The summed E-state index contributed by atoms with van der Waals surface area (Å²) in [5.41, 5.74) is 3.25. The lowest BCUT2D eigenvalue weighted by Crippen LogP contribution is -2.42. The Morgan fingerprint density at radius 3 is 2.56 bits per heavy atom. The molecule has 2 aromatic rings. The average molecular weight is 368 g/mol. The maximum Gasteiger partial charge on any atom is 0.340 e. The Hall–Kier alpha value is -2.56. The summed E-state index contributed by atoms with van der Waals surface area (Å²) in [4.78, 5) is 24.7. The van der Waals surface area contributed by atoms with Gasteiger partial charge in [-0.25, -0.2) is 4.79 Å². The molecule has 27 heavy (non-hydrogen) atoms. The number of benzene rings is 1. The predicted octanol–water partition coefficient (Wildman–Crippen LogP) is 3.95. The number of nitrogens with one attached hydrogen (secondary N) is 1. The van der Waals surface area contributed by atoms with Gasteiger partial charge >= 0.3 is 5.97 Å². The van der Waals surface area contributed by atoms with Crippen LogP contribution in [0, 0.1) is 19.8 Å². The molecule has 0 bridgehead atoms. The van der Waals surface area contributed by atoms with E-state index >= 15 is 0 Å². The van der Waals surface area contributed by atoms with E-state index in [2.05, 4.69) is 12.2 Å². The minimum atomic E-state index is -0.461. The molecule has 1 heterocycles. The summed E-state index contributed by atoms with van der Waals surface area (Å²) in [6.07, 6.45) is 4.50. The number of amides is 1. The Balaban J connectivity index is 1.62. The summed E-state index contributed by atoms with van der Waals surface area (Å²) in [6.45, 7) is 5.76. The molecule has 5 heteroatoms. The molecule has 0 aliphatic heterocycles. The maximum atomic E-state index is 12.5. The molecule has 2 atom stereocenters. The van der Waals surface area contributed by atoms with Gasteiger partial charge in [-0.15, -0.1) is 0 Å². The number of esters is 1. The van der Waals surface area contributed by atoms with Gasteiger partial charge in [-0.2, -0.15) is 0 Å². The number of hydrogen-bond donors (Lipinski definition) is 1. The van der Waals surface area contributed by atoms with E-state index in [0.29, 0.717) is 11.5 Å². The number of para-hydroxylation sites is 1. The predicted molar refractivity (Wildman–Crippen MR) is 105 cm³/mol. The van der Waals surface area contributed by atoms with E-state index in [1.165, 1.54) is 6.42 Å². The first-order valence-electron chi connectivity index (χ1n) is 9.68. The lowest BCUT2D eigenvalue weighted by molar-refractivity contribution is -0.125. The van der Waals surface area contributed by atoms with E-state index in [0.717, 1.165) is 36.3 Å². The molecular weight excluding hydrogens is 340 g/mol. The molecule has 1 N–H and O–H groups in total. The van der Waals surface area contributed by atoms with Crippen LogP contribution in [0.15, 0.2) is 36.4 Å². The van der Waals surface area contributed by atoms with Gasteiger partial charge in [0, 0.05) is 23.1 Å². The summed E-state index contributed by atoms with van der Waals surface area (Å²) in [5, 5.41) is 3.01. The van der Waals surface area contributed by atoms with Crippen molar-refractivity contribution in [2.24, 2.45) is 5.92 Å². The van der Waals surface area contributed by atoms with Gasteiger partial charge in [0.25, 0.3) is 5.91 Å². The number of nitrogens with zero attached hydrogens (tertiary/aromatic N) is 1. The largest absolute Gasteiger partial charge is 0.452 e. The third-order valence-corrected chi connectivity index (χ3v) is 5.46. The number of carbonyl (C=O) groups is 2. The van der Waals surface area contributed by atoms with Gasteiger partial charge in [0.15, 0.2) is 6.61 Å². The summed E-state index contributed by atoms with van der Waals surface area (Å²) in [7, 11) is 0. The van der Waals surface area contributed by atoms with Gasteiger partial charge in [-0.1, -0.05) is 38.0 Å². The fourth-order valence-corrected chi connectivity index (χ4v) is 3.93. The topological polar surface area (TPSA) is 60.3 Å². The highest BCUT2D eigenvalue weighted by molar-refractivity contribution is 5.93. The minimum absolute atomic E-state index is 0.188. The van der Waals surface area contributed by atoms with Crippen molar-refractivity contribution in [1.29, 1.82) is 0 Å². The van der Waals surface area contributed by atoms with Crippen LogP contribution >= 0.6 is 0 Å². The molecule has 144 valence electrons. The first-order valence-corrected chi connectivity index (χ1v) is 9.68. The molecule has 1 saturated carbocycles. The van der Waals surface area contributed by atoms with Crippen LogP contribution in [-0.2, 0) is 9.53 Å². The number of aryl methyl sites for hydroxylation is 1. The van der Waals surface area contributed by atoms with Crippen molar-refractivity contribution < 1.29 is 14.3 Å². The van der Waals surface area contributed by atoms with Crippen molar-refractivity contribution in [3.8, 4) is 5.69 Å². The van der Waals surface area contributed by atoms with Crippen molar-refractivity contribution in [3.63, 3.8) is 0 Å². The van der Waals surface area contributed by atoms with Crippen molar-refractivity contribution in [2.75, 3.05) is 6.61 Å². The van der Waals surface area contributed by atoms with Crippen LogP contribution in [0.5, 0.6) is 0 Å². The number of hydrogen-bond acceptors (Lipinski definition) is 3. The summed E-state index contributed by atoms with van der Waals surface area (Å²) < 4.78 is 7.30. The van der Waals surface area contributed by atoms with Crippen LogP contribution in [0.4, 0.5) is 0 Å². The molecule has 5 nitrogen and oxygen atoms in total. The highest BCUT2D eigenvalue weighted by Gasteiger charge is 2.24. The monoisotopic (exact) mass is 368 g/mol. The van der Waals surface area contributed by atoms with Gasteiger partial charge in [-0.05, 0) is 50.8 Å². The van der Waals surface area contributed by atoms with Crippen LogP contribution in [0.25, 0.3) is 5.69 Å². The number of ether oxygens (including phenoxy) is 1. The van der Waals surface area contributed by atoms with E-state index in [1.807, 2.05) is 54.8 Å². The Bertz CT molecular complexity index is 810. The summed E-state index contributed by atoms with van der Waals surface area (Å²) in [6, 6.07) is 11.9. The highest BCUT2D eigenvalue weighted by atomic mass is 16.5. The van der Waals surface area contributed by atoms with Crippen LogP contribution in [0.1, 0.15) is 54.4 Å². The number of rotatable bonds is 5. The Kier molecular flexibility index (Phi) is 5.99. The summed E-state index contributed by atoms with van der Waals surface area (Å²) >= 11 is 0. The van der Waals surface area contributed by atoms with E-state index in [4.69, 9.17) is 4.74 Å². The van der Waals surface area contributed by atoms with Gasteiger partial charge in [-0.3, -0.25) is 4.79 Å². The molecule has 3 rings (SSSR count). The van der Waals surface area contributed by atoms with Gasteiger partial charge < -0.3 is 14.6 Å². The lowest BCUT2D eigenvalue weighted by atomic mass is 9.86. The fraction of sp³-hybridized carbons (Fsp3) is 0.455. The smallest absolute Gasteiger partial charge is 0.340 e. The van der Waals surface area contributed by atoms with E-state index in [9.17, 15) is 9.59 Å². The fourth-order valence-electron chi connectivity index (χ4n) is 3.93. The van der Waals surface area contributed by atoms with Crippen molar-refractivity contribution in [3.05, 3.63) is 53.3 Å². The highest BCUT2D eigenvalue weighted by Crippen LogP contribution is 2.24. The quantitative estimate of drug-likeness (QED) is 0.813. The Morgan fingerprint density at radius 2 is 1.85 bits per heavy atom. The lowest BCUT2D eigenvalue weighted by Gasteiger charge is -2.29. The molecule has 0 radical (unpaired) electrons. The molecule has 0 saturated heterocycles. The van der Waals surface area contributed by atoms with Crippen LogP contribution in [0.3, 0.4) is 0 Å². The zero-order valence-electron chi connectivity index (χ0n) is 16.3. The second kappa shape index (κ2) is 8.42. The number of carbonyl (C=O) groups excluding carboxylic acids is 2. The molecular formula is C22H28N2O3. The van der Waals surface area contributed by atoms with Crippen molar-refractivity contribution in [1.82, 2.24) is 9.88 Å². The molecule has 1 aliphatic carbocycles. The van der Waals surface area contributed by atoms with Crippen LogP contribution < -0.4 is 5.32 Å². The second-order valence-electron chi connectivity index (χ2n) is 7.47. The SMILES string of the molecule is Cc1cc(C(=O)OCC(=O)N[C@H]2CCCC[C@H]2C)c(C)n1-c1ccccc1. The molecule has 0 spiro atoms. The van der Waals surface area contributed by atoms with Crippen LogP contribution in [-0.4, -0.2) is 29.1 Å². The van der Waals surface area contributed by atoms with Crippen molar-refractivity contribution >= 4 is 11.9 Å². The molecule has 1 amide bonds. The van der Waals surface area contributed by atoms with E-state index in [-0.39, 0.29) is 18.6 Å². The third-order valence-electron chi connectivity index (χ3n) is 5.46. The maximum absolute atomic E-state index is 12.5. The molecule has 1 fully saturated rings. The zero-order valence-corrected chi connectivity index (χ0v) is 16.3. The molecule has 1 aromatic heterocycles. The number of aromatic nitrogens is 1. The minimum Gasteiger partial charge on any atom is -0.452 e. The normalized spacial score (nSPS) is 19.5. The Morgan fingerprint density at radius 1 is 1.15 bits per heavy atom. The average Bonchev–Trinajstić information content (AvgIpc) is 2.96. The van der Waals surface area contributed by atoms with E-state index in [1.54, 1.807) is 0 Å². The standard InChI is InChI=1S/C22H28N2O3/c1-15-9-7-8-12-20(15)23-21(25)14-27-22(26)19-13-16(2)24(17(19)3)18-10-5-4-6-11-18/h4-6,10-11,13,15,20H,7-9,12,14H2,1-3H3,(H,23,25)/t15-,20+/m1/s1. The Labute approximate surface area is 160 Å². The first-order chi connectivity index (χ1) is 13.0. The zero-order chi connectivity index (χ0) is 19.4. The molecule has 1 aromatic carbocycles. The van der Waals surface area contributed by atoms with Gasteiger partial charge in [0.2, 0.25) is 0 Å². The molecule has 1 aliphatic rings. The molecule has 0 unspecified atom stereocenters. The first kappa shape index (κ1) is 19.2. The third kappa shape index (κ3) is 4.41. The van der Waals surface area contributed by atoms with E-state index < -0.39 is 5.97 Å². The van der Waals surface area contributed by atoms with Crippen molar-refractivity contribution in [2.45, 2.75) is 52.5 Å². The second-order valence-corrected chi connectivity index (χ2v) is 7.47. The van der Waals surface area contributed by atoms with Crippen LogP contribution in [0.2, 0.25) is 0 Å².